The summed E-state index contributed by atoms with van der Waals surface area (Å²) in [6, 6.07) is 4.67. The fourth-order valence-corrected chi connectivity index (χ4v) is 3.00. The van der Waals surface area contributed by atoms with Crippen LogP contribution in [0.1, 0.15) is 32.1 Å². The van der Waals surface area contributed by atoms with Crippen molar-refractivity contribution in [1.82, 2.24) is 0 Å². The Bertz CT molecular complexity index is 535. The number of anilines is 2. The van der Waals surface area contributed by atoms with Gasteiger partial charge in [-0.1, -0.05) is 19.3 Å². The third kappa shape index (κ3) is 3.61. The zero-order valence-corrected chi connectivity index (χ0v) is 11.8. The Morgan fingerprint density at radius 3 is 2.16 bits per heavy atom. The van der Waals surface area contributed by atoms with E-state index in [1.807, 2.05) is 0 Å². The minimum atomic E-state index is -3.68. The molecule has 5 nitrogen and oxygen atoms in total. The van der Waals surface area contributed by atoms with E-state index in [0.717, 1.165) is 31.6 Å². The van der Waals surface area contributed by atoms with Gasteiger partial charge in [-0.25, -0.2) is 13.6 Å². The molecule has 0 unspecified atom stereocenters. The molecule has 2 rings (SSSR count). The molecule has 1 saturated heterocycles. The predicted molar refractivity (Wildman–Crippen MR) is 77.5 cm³/mol. The third-order valence-electron chi connectivity index (χ3n) is 3.53. The number of nitrogen functional groups attached to an aromatic ring is 1. The smallest absolute Gasteiger partial charge is 0.238 e. The first-order chi connectivity index (χ1) is 8.98. The van der Waals surface area contributed by atoms with E-state index in [1.54, 1.807) is 12.1 Å². The number of primary sulfonamides is 1. The number of sulfonamides is 1. The summed E-state index contributed by atoms with van der Waals surface area (Å²) in [5.74, 6) is 0. The number of nitrogens with zero attached hydrogens (tertiary/aromatic N) is 1. The number of benzene rings is 1. The van der Waals surface area contributed by atoms with Crippen LogP contribution in [0.15, 0.2) is 23.1 Å². The van der Waals surface area contributed by atoms with Crippen LogP contribution in [0.3, 0.4) is 0 Å². The minimum absolute atomic E-state index is 0.124. The van der Waals surface area contributed by atoms with Crippen LogP contribution < -0.4 is 15.8 Å². The second-order valence-electron chi connectivity index (χ2n) is 5.02. The highest BCUT2D eigenvalue weighted by atomic mass is 32.2. The Morgan fingerprint density at radius 2 is 1.58 bits per heavy atom. The lowest BCUT2D eigenvalue weighted by Gasteiger charge is -2.28. The molecular weight excluding hydrogens is 262 g/mol. The monoisotopic (exact) mass is 283 g/mol. The summed E-state index contributed by atoms with van der Waals surface area (Å²) < 4.78 is 22.8. The highest BCUT2D eigenvalue weighted by molar-refractivity contribution is 7.89. The average Bonchev–Trinajstić information content (AvgIpc) is 2.28. The van der Waals surface area contributed by atoms with Crippen LogP contribution in [-0.4, -0.2) is 21.5 Å². The molecular formula is C13H21N3O2S. The fraction of sp³-hybridized carbons (Fsp3) is 0.538. The summed E-state index contributed by atoms with van der Waals surface area (Å²) in [7, 11) is -3.68. The van der Waals surface area contributed by atoms with Gasteiger partial charge in [0.05, 0.1) is 16.3 Å². The standard InChI is InChI=1S/C13H21N3O2S/c14-12-7-6-11(19(15,17)18)10-13(12)16-8-4-2-1-3-5-9-16/h6-7,10H,1-5,8-9,14H2,(H2,15,17,18). The van der Waals surface area contributed by atoms with Crippen molar-refractivity contribution >= 4 is 21.4 Å². The summed E-state index contributed by atoms with van der Waals surface area (Å²) in [6.07, 6.45) is 5.93. The molecule has 1 aliphatic rings. The quantitative estimate of drug-likeness (QED) is 0.808. The van der Waals surface area contributed by atoms with Crippen LogP contribution in [0.2, 0.25) is 0 Å². The molecule has 0 aliphatic carbocycles. The first-order valence-corrected chi connectivity index (χ1v) is 8.20. The summed E-state index contributed by atoms with van der Waals surface area (Å²) in [4.78, 5) is 2.29. The third-order valence-corrected chi connectivity index (χ3v) is 4.44. The van der Waals surface area contributed by atoms with Crippen molar-refractivity contribution in [3.8, 4) is 0 Å². The van der Waals surface area contributed by atoms with E-state index in [2.05, 4.69) is 4.90 Å². The maximum Gasteiger partial charge on any atom is 0.238 e. The number of hydrogen-bond acceptors (Lipinski definition) is 4. The summed E-state index contributed by atoms with van der Waals surface area (Å²) >= 11 is 0. The minimum Gasteiger partial charge on any atom is -0.397 e. The molecule has 4 N–H and O–H groups in total. The van der Waals surface area contributed by atoms with E-state index < -0.39 is 10.0 Å². The van der Waals surface area contributed by atoms with Crippen molar-refractivity contribution in [3.05, 3.63) is 18.2 Å². The van der Waals surface area contributed by atoms with Gasteiger partial charge in [0.2, 0.25) is 10.0 Å². The van der Waals surface area contributed by atoms with Crippen LogP contribution in [0.4, 0.5) is 11.4 Å². The molecule has 1 heterocycles. The number of rotatable bonds is 2. The van der Waals surface area contributed by atoms with E-state index in [0.29, 0.717) is 5.69 Å². The van der Waals surface area contributed by atoms with E-state index in [-0.39, 0.29) is 4.90 Å². The number of nitrogens with two attached hydrogens (primary N) is 2. The SMILES string of the molecule is Nc1ccc(S(N)(=O)=O)cc1N1CCCCCCC1. The molecule has 6 heteroatoms. The first-order valence-electron chi connectivity index (χ1n) is 6.66. The Balaban J connectivity index is 2.31. The topological polar surface area (TPSA) is 89.4 Å². The van der Waals surface area contributed by atoms with Gasteiger partial charge in [-0.2, -0.15) is 0 Å². The molecule has 1 aromatic carbocycles. The van der Waals surface area contributed by atoms with E-state index in [4.69, 9.17) is 10.9 Å². The lowest BCUT2D eigenvalue weighted by atomic mass is 10.1. The lowest BCUT2D eigenvalue weighted by molar-refractivity contribution is 0.556. The van der Waals surface area contributed by atoms with Gasteiger partial charge in [0.25, 0.3) is 0 Å². The van der Waals surface area contributed by atoms with Gasteiger partial charge in [-0.15, -0.1) is 0 Å². The van der Waals surface area contributed by atoms with Gasteiger partial charge in [0.1, 0.15) is 0 Å². The summed E-state index contributed by atoms with van der Waals surface area (Å²) in [5, 5.41) is 5.17. The highest BCUT2D eigenvalue weighted by Crippen LogP contribution is 2.28. The van der Waals surface area contributed by atoms with Crippen molar-refractivity contribution in [2.45, 2.75) is 37.0 Å². The van der Waals surface area contributed by atoms with Crippen LogP contribution in [0.25, 0.3) is 0 Å². The van der Waals surface area contributed by atoms with Gasteiger partial charge in [0.15, 0.2) is 0 Å². The van der Waals surface area contributed by atoms with Gasteiger partial charge in [-0.05, 0) is 31.0 Å². The lowest BCUT2D eigenvalue weighted by Crippen LogP contribution is -2.28. The van der Waals surface area contributed by atoms with Crippen LogP contribution >= 0.6 is 0 Å². The van der Waals surface area contributed by atoms with Crippen molar-refractivity contribution in [2.24, 2.45) is 5.14 Å². The Labute approximate surface area is 114 Å². The van der Waals surface area contributed by atoms with Crippen LogP contribution in [0.5, 0.6) is 0 Å². The molecule has 106 valence electrons. The van der Waals surface area contributed by atoms with Gasteiger partial charge < -0.3 is 10.6 Å². The Hall–Kier alpha value is -1.27. The van der Waals surface area contributed by atoms with Crippen LogP contribution in [-0.2, 0) is 10.0 Å². The first kappa shape index (κ1) is 14.1. The molecule has 19 heavy (non-hydrogen) atoms. The molecule has 0 spiro atoms. The second kappa shape index (κ2) is 5.79. The predicted octanol–water partition coefficient (Wildman–Crippen LogP) is 1.69. The largest absolute Gasteiger partial charge is 0.397 e. The molecule has 0 amide bonds. The molecule has 0 aromatic heterocycles. The maximum absolute atomic E-state index is 11.4. The van der Waals surface area contributed by atoms with E-state index in [9.17, 15) is 8.42 Å². The van der Waals surface area contributed by atoms with E-state index >= 15 is 0 Å². The zero-order valence-electron chi connectivity index (χ0n) is 11.0. The summed E-state index contributed by atoms with van der Waals surface area (Å²) in [5.41, 5.74) is 7.37. The molecule has 0 radical (unpaired) electrons. The molecule has 0 bridgehead atoms. The van der Waals surface area contributed by atoms with E-state index in [1.165, 1.54) is 25.3 Å². The summed E-state index contributed by atoms with van der Waals surface area (Å²) in [6.45, 7) is 1.83. The number of hydrogen-bond donors (Lipinski definition) is 2. The Morgan fingerprint density at radius 1 is 1.00 bits per heavy atom. The highest BCUT2D eigenvalue weighted by Gasteiger charge is 2.15. The molecule has 1 aromatic rings. The maximum atomic E-state index is 11.4. The van der Waals surface area contributed by atoms with Crippen molar-refractivity contribution in [1.29, 1.82) is 0 Å². The van der Waals surface area contributed by atoms with Crippen molar-refractivity contribution in [3.63, 3.8) is 0 Å². The average molecular weight is 283 g/mol. The fourth-order valence-electron chi connectivity index (χ4n) is 2.46. The van der Waals surface area contributed by atoms with Crippen LogP contribution in [0, 0.1) is 0 Å². The van der Waals surface area contributed by atoms with Gasteiger partial charge in [0, 0.05) is 13.1 Å². The van der Waals surface area contributed by atoms with Crippen molar-refractivity contribution in [2.75, 3.05) is 23.7 Å². The van der Waals surface area contributed by atoms with Crippen molar-refractivity contribution < 1.29 is 8.42 Å². The second-order valence-corrected chi connectivity index (χ2v) is 6.58. The Kier molecular flexibility index (Phi) is 4.31. The molecule has 1 fully saturated rings. The molecule has 0 saturated carbocycles. The normalized spacial score (nSPS) is 17.8. The van der Waals surface area contributed by atoms with Gasteiger partial charge in [-0.3, -0.25) is 0 Å². The molecule has 0 atom stereocenters. The molecule has 1 aliphatic heterocycles. The van der Waals surface area contributed by atoms with Gasteiger partial charge >= 0.3 is 0 Å². The zero-order chi connectivity index (χ0) is 13.9.